The maximum Gasteiger partial charge on any atom is 0.255 e. The second-order valence-corrected chi connectivity index (χ2v) is 3.60. The number of fused-ring (bicyclic) bond motifs is 3. The average molecular weight is 201 g/mol. The molecule has 2 heterocycles. The second kappa shape index (κ2) is 3.02. The van der Waals surface area contributed by atoms with Crippen LogP contribution in [0.4, 0.5) is 5.82 Å². The van der Waals surface area contributed by atoms with Crippen molar-refractivity contribution in [2.75, 3.05) is 18.4 Å². The molecule has 76 valence electrons. The van der Waals surface area contributed by atoms with E-state index >= 15 is 0 Å². The first-order valence-corrected chi connectivity index (χ1v) is 4.99. The van der Waals surface area contributed by atoms with Crippen LogP contribution in [0.2, 0.25) is 0 Å². The molecule has 4 heteroatoms. The van der Waals surface area contributed by atoms with Gasteiger partial charge < -0.3 is 15.6 Å². The quantitative estimate of drug-likeness (QED) is 0.602. The van der Waals surface area contributed by atoms with E-state index in [1.807, 2.05) is 24.3 Å². The fourth-order valence-electron chi connectivity index (χ4n) is 1.96. The molecule has 0 fully saturated rings. The fraction of sp³-hybridized carbons (Fsp3) is 0.182. The van der Waals surface area contributed by atoms with Crippen molar-refractivity contribution in [2.24, 2.45) is 0 Å². The number of carbonyl (C=O) groups is 1. The molecule has 0 unspecified atom stereocenters. The first-order chi connectivity index (χ1) is 7.36. The highest BCUT2D eigenvalue weighted by molar-refractivity contribution is 6.11. The molecule has 3 rings (SSSR count). The van der Waals surface area contributed by atoms with Crippen LogP contribution in [0, 0.1) is 0 Å². The maximum atomic E-state index is 11.8. The van der Waals surface area contributed by atoms with Crippen LogP contribution < -0.4 is 10.6 Å². The van der Waals surface area contributed by atoms with E-state index in [9.17, 15) is 4.79 Å². The Morgan fingerprint density at radius 3 is 2.80 bits per heavy atom. The summed E-state index contributed by atoms with van der Waals surface area (Å²) in [6, 6.07) is 7.82. The summed E-state index contributed by atoms with van der Waals surface area (Å²) < 4.78 is 0. The molecule has 0 saturated carbocycles. The number of hydrogen-bond donors (Lipinski definition) is 3. The van der Waals surface area contributed by atoms with Gasteiger partial charge in [-0.1, -0.05) is 18.2 Å². The molecule has 0 bridgehead atoms. The number of amides is 1. The van der Waals surface area contributed by atoms with E-state index in [1.165, 1.54) is 0 Å². The molecule has 0 atom stereocenters. The molecule has 1 amide bonds. The lowest BCUT2D eigenvalue weighted by atomic mass is 10.1. The molecule has 0 aliphatic carbocycles. The lowest BCUT2D eigenvalue weighted by Crippen LogP contribution is -2.24. The Hall–Kier alpha value is -1.97. The molecule has 2 aromatic rings. The van der Waals surface area contributed by atoms with E-state index in [-0.39, 0.29) is 5.91 Å². The standard InChI is InChI=1S/C11H11N3O/c15-11-9-7-3-1-2-4-8(7)14-10(9)12-5-6-13-11/h1-4,12,14H,5-6H2,(H,13,15). The molecule has 1 aliphatic rings. The van der Waals surface area contributed by atoms with Crippen LogP contribution in [0.25, 0.3) is 10.9 Å². The summed E-state index contributed by atoms with van der Waals surface area (Å²) >= 11 is 0. The number of benzene rings is 1. The Balaban J connectivity index is 2.32. The van der Waals surface area contributed by atoms with Crippen LogP contribution in [-0.2, 0) is 0 Å². The van der Waals surface area contributed by atoms with Gasteiger partial charge in [-0.25, -0.2) is 0 Å². The fourth-order valence-corrected chi connectivity index (χ4v) is 1.96. The van der Waals surface area contributed by atoms with Gasteiger partial charge in [-0.2, -0.15) is 0 Å². The minimum absolute atomic E-state index is 0.00699. The summed E-state index contributed by atoms with van der Waals surface area (Å²) in [5.74, 6) is 0.818. The summed E-state index contributed by atoms with van der Waals surface area (Å²) in [6.07, 6.45) is 0. The minimum atomic E-state index is -0.00699. The Labute approximate surface area is 86.7 Å². The van der Waals surface area contributed by atoms with Gasteiger partial charge in [-0.15, -0.1) is 0 Å². The lowest BCUT2D eigenvalue weighted by Gasteiger charge is -1.97. The van der Waals surface area contributed by atoms with Crippen LogP contribution >= 0.6 is 0 Å². The van der Waals surface area contributed by atoms with Gasteiger partial charge in [-0.3, -0.25) is 4.79 Å². The van der Waals surface area contributed by atoms with Gasteiger partial charge in [0, 0.05) is 24.0 Å². The molecule has 4 nitrogen and oxygen atoms in total. The monoisotopic (exact) mass is 201 g/mol. The van der Waals surface area contributed by atoms with Crippen molar-refractivity contribution in [1.82, 2.24) is 10.3 Å². The number of rotatable bonds is 0. The number of hydrogen-bond acceptors (Lipinski definition) is 2. The van der Waals surface area contributed by atoms with Gasteiger partial charge in [-0.05, 0) is 6.07 Å². The number of para-hydroxylation sites is 1. The van der Waals surface area contributed by atoms with Gasteiger partial charge in [0.25, 0.3) is 5.91 Å². The number of aromatic nitrogens is 1. The number of aromatic amines is 1. The van der Waals surface area contributed by atoms with Crippen LogP contribution in [0.5, 0.6) is 0 Å². The topological polar surface area (TPSA) is 56.9 Å². The van der Waals surface area contributed by atoms with E-state index in [0.29, 0.717) is 6.54 Å². The van der Waals surface area contributed by atoms with Gasteiger partial charge in [0.2, 0.25) is 0 Å². The largest absolute Gasteiger partial charge is 0.369 e. The predicted molar refractivity (Wildman–Crippen MR) is 59.1 cm³/mol. The first-order valence-electron chi connectivity index (χ1n) is 4.99. The highest BCUT2D eigenvalue weighted by atomic mass is 16.1. The van der Waals surface area contributed by atoms with Crippen molar-refractivity contribution in [3.8, 4) is 0 Å². The molecule has 0 spiro atoms. The first kappa shape index (κ1) is 8.35. The van der Waals surface area contributed by atoms with Crippen LogP contribution in [0.1, 0.15) is 10.4 Å². The zero-order valence-corrected chi connectivity index (χ0v) is 8.13. The molecule has 0 radical (unpaired) electrons. The highest BCUT2D eigenvalue weighted by Gasteiger charge is 2.19. The molecule has 15 heavy (non-hydrogen) atoms. The summed E-state index contributed by atoms with van der Waals surface area (Å²) in [6.45, 7) is 1.42. The molecule has 1 aromatic heterocycles. The van der Waals surface area contributed by atoms with Gasteiger partial charge in [0.15, 0.2) is 0 Å². The van der Waals surface area contributed by atoms with E-state index in [2.05, 4.69) is 15.6 Å². The molecular weight excluding hydrogens is 190 g/mol. The van der Waals surface area contributed by atoms with E-state index in [0.717, 1.165) is 28.8 Å². The van der Waals surface area contributed by atoms with Crippen LogP contribution in [0.15, 0.2) is 24.3 Å². The second-order valence-electron chi connectivity index (χ2n) is 3.60. The van der Waals surface area contributed by atoms with Crippen molar-refractivity contribution in [3.63, 3.8) is 0 Å². The molecule has 1 aliphatic heterocycles. The summed E-state index contributed by atoms with van der Waals surface area (Å²) in [7, 11) is 0. The van der Waals surface area contributed by atoms with E-state index in [1.54, 1.807) is 0 Å². The highest BCUT2D eigenvalue weighted by Crippen LogP contribution is 2.26. The zero-order valence-electron chi connectivity index (χ0n) is 8.13. The SMILES string of the molecule is O=C1NCCNc2[nH]c3ccccc3c21. The zero-order chi connectivity index (χ0) is 10.3. The summed E-state index contributed by atoms with van der Waals surface area (Å²) in [4.78, 5) is 15.0. The predicted octanol–water partition coefficient (Wildman–Crippen LogP) is 1.32. The number of anilines is 1. The smallest absolute Gasteiger partial charge is 0.255 e. The van der Waals surface area contributed by atoms with Crippen LogP contribution in [0.3, 0.4) is 0 Å². The summed E-state index contributed by atoms with van der Waals surface area (Å²) in [5.41, 5.74) is 1.72. The summed E-state index contributed by atoms with van der Waals surface area (Å²) in [5, 5.41) is 7.04. The Morgan fingerprint density at radius 1 is 1.07 bits per heavy atom. The molecule has 1 aromatic carbocycles. The number of nitrogens with one attached hydrogen (secondary N) is 3. The Morgan fingerprint density at radius 2 is 1.87 bits per heavy atom. The maximum absolute atomic E-state index is 11.8. The Bertz CT molecular complexity index is 530. The van der Waals surface area contributed by atoms with E-state index < -0.39 is 0 Å². The third-order valence-corrected chi connectivity index (χ3v) is 2.65. The number of H-pyrrole nitrogens is 1. The molecular formula is C11H11N3O. The van der Waals surface area contributed by atoms with Crippen molar-refractivity contribution in [2.45, 2.75) is 0 Å². The van der Waals surface area contributed by atoms with Gasteiger partial charge in [0.1, 0.15) is 5.82 Å². The lowest BCUT2D eigenvalue weighted by molar-refractivity contribution is 0.0959. The average Bonchev–Trinajstić information content (AvgIpc) is 2.53. The normalized spacial score (nSPS) is 15.3. The number of carbonyl (C=O) groups excluding carboxylic acids is 1. The van der Waals surface area contributed by atoms with Crippen molar-refractivity contribution >= 4 is 22.6 Å². The van der Waals surface area contributed by atoms with Crippen molar-refractivity contribution < 1.29 is 4.79 Å². The van der Waals surface area contributed by atoms with E-state index in [4.69, 9.17) is 0 Å². The molecule has 0 saturated heterocycles. The third kappa shape index (κ3) is 1.18. The van der Waals surface area contributed by atoms with Crippen molar-refractivity contribution in [3.05, 3.63) is 29.8 Å². The minimum Gasteiger partial charge on any atom is -0.369 e. The van der Waals surface area contributed by atoms with Gasteiger partial charge >= 0.3 is 0 Å². The Kier molecular flexibility index (Phi) is 1.68. The third-order valence-electron chi connectivity index (χ3n) is 2.65. The van der Waals surface area contributed by atoms with Gasteiger partial charge in [0.05, 0.1) is 5.56 Å². The van der Waals surface area contributed by atoms with Crippen LogP contribution in [-0.4, -0.2) is 24.0 Å². The molecule has 3 N–H and O–H groups in total. The van der Waals surface area contributed by atoms with Crippen molar-refractivity contribution in [1.29, 1.82) is 0 Å².